The summed E-state index contributed by atoms with van der Waals surface area (Å²) in [5, 5.41) is 0. The van der Waals surface area contributed by atoms with Gasteiger partial charge < -0.3 is 4.90 Å². The molecule has 0 aromatic rings. The number of nitrogens with zero attached hydrogens (tertiary/aromatic N) is 1. The zero-order valence-corrected chi connectivity index (χ0v) is 12.4. The zero-order valence-electron chi connectivity index (χ0n) is 11.3. The Kier molecular flexibility index (Phi) is 7.28. The van der Waals surface area contributed by atoms with Gasteiger partial charge in [0.1, 0.15) is 0 Å². The van der Waals surface area contributed by atoms with Gasteiger partial charge in [0.25, 0.3) is 0 Å². The molecular formula is C16H21FeN+2. The van der Waals surface area contributed by atoms with Crippen LogP contribution in [0.15, 0.2) is 0 Å². The minimum Gasteiger partial charge on any atom is -0.306 e. The van der Waals surface area contributed by atoms with Crippen molar-refractivity contribution in [2.75, 3.05) is 14.1 Å². The van der Waals surface area contributed by atoms with E-state index in [0.29, 0.717) is 12.0 Å². The monoisotopic (exact) mass is 283 g/mol. The third kappa shape index (κ3) is 4.25. The largest absolute Gasteiger partial charge is 2.00 e. The topological polar surface area (TPSA) is 3.24 Å². The van der Waals surface area contributed by atoms with Crippen LogP contribution in [0.25, 0.3) is 0 Å². The van der Waals surface area contributed by atoms with Crippen LogP contribution < -0.4 is 0 Å². The predicted molar refractivity (Wildman–Crippen MR) is 72.1 cm³/mol. The molecular weight excluding hydrogens is 262 g/mol. The minimum absolute atomic E-state index is 0. The second kappa shape index (κ2) is 7.92. The van der Waals surface area contributed by atoms with Crippen LogP contribution in [0.2, 0.25) is 0 Å². The van der Waals surface area contributed by atoms with Gasteiger partial charge in [-0.1, -0.05) is 6.92 Å². The Balaban J connectivity index is 0.00000162. The molecule has 0 aliphatic heterocycles. The summed E-state index contributed by atoms with van der Waals surface area (Å²) in [6.07, 6.45) is 18.6. The quantitative estimate of drug-likeness (QED) is 0.701. The normalized spacial score (nSPS) is 25.3. The first-order valence-corrected chi connectivity index (χ1v) is 6.28. The average molecular weight is 283 g/mol. The van der Waals surface area contributed by atoms with Crippen LogP contribution in [0.1, 0.15) is 13.3 Å². The molecule has 1 nitrogen and oxygen atoms in total. The van der Waals surface area contributed by atoms with E-state index in [1.165, 1.54) is 18.3 Å². The fraction of sp³-hybridized carbons (Fsp3) is 0.375. The summed E-state index contributed by atoms with van der Waals surface area (Å²) < 4.78 is 0. The summed E-state index contributed by atoms with van der Waals surface area (Å²) >= 11 is 0. The smallest absolute Gasteiger partial charge is 0.306 e. The average Bonchev–Trinajstić information content (AvgIpc) is 2.97. The molecule has 2 saturated carbocycles. The Morgan fingerprint density at radius 1 is 0.889 bits per heavy atom. The molecule has 0 spiro atoms. The first kappa shape index (κ1) is 16.5. The van der Waals surface area contributed by atoms with E-state index in [2.05, 4.69) is 77.3 Å². The Morgan fingerprint density at radius 3 is 1.78 bits per heavy atom. The first-order chi connectivity index (χ1) is 8.18. The van der Waals surface area contributed by atoms with Gasteiger partial charge in [0.05, 0.1) is 0 Å². The summed E-state index contributed by atoms with van der Waals surface area (Å²) in [5.74, 6) is 3.48. The summed E-state index contributed by atoms with van der Waals surface area (Å²) in [6, 6.07) is 0.509. The molecule has 0 bridgehead atoms. The number of hydrogen-bond donors (Lipinski definition) is 0. The zero-order chi connectivity index (χ0) is 12.3. The Bertz CT molecular complexity index is 217. The van der Waals surface area contributed by atoms with E-state index in [-0.39, 0.29) is 17.1 Å². The predicted octanol–water partition coefficient (Wildman–Crippen LogP) is 2.75. The van der Waals surface area contributed by atoms with Gasteiger partial charge in [-0.05, 0) is 83.7 Å². The molecule has 0 unspecified atom stereocenters. The molecule has 2 fully saturated rings. The maximum Gasteiger partial charge on any atom is 2.00 e. The summed E-state index contributed by atoms with van der Waals surface area (Å²) in [6.45, 7) is 2.31. The van der Waals surface area contributed by atoms with Crippen molar-refractivity contribution in [2.45, 2.75) is 19.4 Å². The second-order valence-electron chi connectivity index (χ2n) is 5.05. The van der Waals surface area contributed by atoms with E-state index in [4.69, 9.17) is 0 Å². The molecule has 0 amide bonds. The van der Waals surface area contributed by atoms with E-state index < -0.39 is 0 Å². The van der Waals surface area contributed by atoms with Crippen molar-refractivity contribution in [3.63, 3.8) is 0 Å². The van der Waals surface area contributed by atoms with Gasteiger partial charge >= 0.3 is 17.1 Å². The molecule has 0 aromatic carbocycles. The van der Waals surface area contributed by atoms with Crippen molar-refractivity contribution in [1.82, 2.24) is 4.90 Å². The summed E-state index contributed by atoms with van der Waals surface area (Å²) in [5.41, 5.74) is 0. The van der Waals surface area contributed by atoms with Gasteiger partial charge in [-0.2, -0.15) is 0 Å². The van der Waals surface area contributed by atoms with Gasteiger partial charge in [-0.3, -0.25) is 0 Å². The molecule has 2 aliphatic carbocycles. The van der Waals surface area contributed by atoms with E-state index in [9.17, 15) is 0 Å². The minimum atomic E-state index is 0. The van der Waals surface area contributed by atoms with Crippen molar-refractivity contribution < 1.29 is 17.1 Å². The number of rotatable bonds is 5. The third-order valence-corrected chi connectivity index (χ3v) is 3.53. The molecule has 10 radical (unpaired) electrons. The van der Waals surface area contributed by atoms with Gasteiger partial charge in [0, 0.05) is 12.0 Å². The molecule has 0 N–H and O–H groups in total. The van der Waals surface area contributed by atoms with Crippen LogP contribution >= 0.6 is 0 Å². The van der Waals surface area contributed by atoms with Crippen molar-refractivity contribution in [1.29, 1.82) is 0 Å². The molecule has 0 saturated heterocycles. The van der Waals surface area contributed by atoms with E-state index in [0.717, 1.165) is 0 Å². The van der Waals surface area contributed by atoms with Crippen LogP contribution in [0, 0.1) is 69.1 Å². The molecule has 2 rings (SSSR count). The fourth-order valence-electron chi connectivity index (χ4n) is 2.44. The SMILES string of the molecule is C[C@H](C[C@H]([C]1[CH][CH][CH][CH]1)N(C)C)[C]1[CH][CH][CH][CH]1.[Fe+2]. The van der Waals surface area contributed by atoms with Crippen molar-refractivity contribution in [3.8, 4) is 0 Å². The number of hydrogen-bond acceptors (Lipinski definition) is 1. The molecule has 96 valence electrons. The molecule has 2 atom stereocenters. The Hall–Kier alpha value is 0.479. The first-order valence-electron chi connectivity index (χ1n) is 6.28. The van der Waals surface area contributed by atoms with E-state index in [1.807, 2.05) is 0 Å². The van der Waals surface area contributed by atoms with Crippen LogP contribution in [-0.4, -0.2) is 25.0 Å². The van der Waals surface area contributed by atoms with Crippen LogP contribution in [0.3, 0.4) is 0 Å². The van der Waals surface area contributed by atoms with Gasteiger partial charge in [0.15, 0.2) is 0 Å². The van der Waals surface area contributed by atoms with Crippen molar-refractivity contribution >= 4 is 0 Å². The molecule has 0 aromatic heterocycles. The van der Waals surface area contributed by atoms with Crippen molar-refractivity contribution in [2.24, 2.45) is 5.92 Å². The maximum atomic E-state index is 2.31. The van der Waals surface area contributed by atoms with Crippen LogP contribution in [0.5, 0.6) is 0 Å². The molecule has 0 heterocycles. The van der Waals surface area contributed by atoms with E-state index in [1.54, 1.807) is 0 Å². The van der Waals surface area contributed by atoms with Gasteiger partial charge in [-0.25, -0.2) is 0 Å². The molecule has 2 heteroatoms. The maximum absolute atomic E-state index is 2.31. The fourth-order valence-corrected chi connectivity index (χ4v) is 2.44. The van der Waals surface area contributed by atoms with Crippen molar-refractivity contribution in [3.05, 3.63) is 63.2 Å². The van der Waals surface area contributed by atoms with Crippen LogP contribution in [-0.2, 0) is 17.1 Å². The van der Waals surface area contributed by atoms with Gasteiger partial charge in [0.2, 0.25) is 0 Å². The second-order valence-corrected chi connectivity index (χ2v) is 5.05. The Labute approximate surface area is 125 Å². The molecule has 2 aliphatic rings. The summed E-state index contributed by atoms with van der Waals surface area (Å²) in [7, 11) is 4.32. The van der Waals surface area contributed by atoms with Crippen LogP contribution in [0.4, 0.5) is 0 Å². The summed E-state index contributed by atoms with van der Waals surface area (Å²) in [4.78, 5) is 2.31. The Morgan fingerprint density at radius 2 is 1.33 bits per heavy atom. The third-order valence-electron chi connectivity index (χ3n) is 3.53. The van der Waals surface area contributed by atoms with Gasteiger partial charge in [-0.15, -0.1) is 0 Å². The standard InChI is InChI=1S/C16H21N.Fe/c1-13(14-8-4-5-9-14)12-16(17(2)3)15-10-6-7-11-15;/h4-11,13,16H,12H2,1-3H3;/q;+2/t13-,16-;/m1./s1. The van der Waals surface area contributed by atoms with E-state index >= 15 is 0 Å². The molecule has 18 heavy (non-hydrogen) atoms.